The van der Waals surface area contributed by atoms with E-state index in [4.69, 9.17) is 9.84 Å². The van der Waals surface area contributed by atoms with Gasteiger partial charge in [0.2, 0.25) is 0 Å². The number of carboxylic acids is 1. The van der Waals surface area contributed by atoms with Crippen molar-refractivity contribution in [2.75, 3.05) is 18.1 Å². The number of amides is 1. The predicted octanol–water partition coefficient (Wildman–Crippen LogP) is 0.668. The van der Waals surface area contributed by atoms with Crippen molar-refractivity contribution >= 4 is 17.7 Å². The first-order valence-corrected chi connectivity index (χ1v) is 6.48. The fourth-order valence-electron chi connectivity index (χ4n) is 2.06. The van der Waals surface area contributed by atoms with Gasteiger partial charge >= 0.3 is 12.1 Å². The van der Waals surface area contributed by atoms with Crippen molar-refractivity contribution in [3.05, 3.63) is 23.9 Å². The second-order valence-electron chi connectivity index (χ2n) is 5.07. The lowest BCUT2D eigenvalue weighted by molar-refractivity contribution is -0.180. The second kappa shape index (κ2) is 5.78. The van der Waals surface area contributed by atoms with E-state index in [9.17, 15) is 27.9 Å². The van der Waals surface area contributed by atoms with Crippen LogP contribution in [0.15, 0.2) is 18.2 Å². The maximum atomic E-state index is 12.7. The van der Waals surface area contributed by atoms with Crippen molar-refractivity contribution in [1.82, 2.24) is 4.98 Å². The van der Waals surface area contributed by atoms with E-state index in [1.807, 2.05) is 0 Å². The number of hydrogen-bond donors (Lipinski definition) is 2. The number of alkyl halides is 3. The summed E-state index contributed by atoms with van der Waals surface area (Å²) in [5.74, 6) is -2.95. The summed E-state index contributed by atoms with van der Waals surface area (Å²) in [5, 5.41) is 18.8. The number of anilines is 1. The highest BCUT2D eigenvalue weighted by molar-refractivity contribution is 6.00. The molecule has 23 heavy (non-hydrogen) atoms. The van der Waals surface area contributed by atoms with Gasteiger partial charge in [0.25, 0.3) is 5.91 Å². The zero-order chi connectivity index (χ0) is 17.4. The molecular formula is C13H13F3N2O5. The average Bonchev–Trinajstić information content (AvgIpc) is 2.46. The van der Waals surface area contributed by atoms with E-state index >= 15 is 0 Å². The zero-order valence-electron chi connectivity index (χ0n) is 11.9. The number of nitrogens with zero attached hydrogens (tertiary/aromatic N) is 2. The lowest BCUT2D eigenvalue weighted by Crippen LogP contribution is -2.60. The molecule has 1 aromatic heterocycles. The van der Waals surface area contributed by atoms with E-state index in [2.05, 4.69) is 4.98 Å². The van der Waals surface area contributed by atoms with Gasteiger partial charge in [-0.05, 0) is 19.1 Å². The Kier molecular flexibility index (Phi) is 4.31. The van der Waals surface area contributed by atoms with Crippen LogP contribution in [-0.2, 0) is 20.5 Å². The lowest BCUT2D eigenvalue weighted by Gasteiger charge is -2.36. The minimum absolute atomic E-state index is 0.112. The van der Waals surface area contributed by atoms with Crippen molar-refractivity contribution in [2.45, 2.75) is 24.8 Å². The molecule has 1 aliphatic heterocycles. The van der Waals surface area contributed by atoms with E-state index < -0.39 is 35.5 Å². The Morgan fingerprint density at radius 1 is 1.43 bits per heavy atom. The molecule has 1 fully saturated rings. The van der Waals surface area contributed by atoms with Gasteiger partial charge in [-0.1, -0.05) is 6.07 Å². The first kappa shape index (κ1) is 17.2. The Morgan fingerprint density at radius 2 is 2.09 bits per heavy atom. The molecule has 0 aromatic carbocycles. The van der Waals surface area contributed by atoms with E-state index in [0.29, 0.717) is 0 Å². The molecule has 10 heteroatoms. The summed E-state index contributed by atoms with van der Waals surface area (Å²) in [6.07, 6.45) is -6.43. The number of halogens is 3. The van der Waals surface area contributed by atoms with Crippen LogP contribution >= 0.6 is 0 Å². The monoisotopic (exact) mass is 334 g/mol. The molecule has 0 spiro atoms. The topological polar surface area (TPSA) is 100.0 Å². The van der Waals surface area contributed by atoms with Crippen LogP contribution in [0.5, 0.6) is 0 Å². The fraction of sp³-hybridized carbons (Fsp3) is 0.462. The van der Waals surface area contributed by atoms with Crippen molar-refractivity contribution in [2.24, 2.45) is 0 Å². The Labute approximate surface area is 128 Å². The standard InChI is InChI=1S/C13H13F3N2O5/c1-12(22,11(20)21)9-10(19)18(5-6-23-9)8-4-2-3-7(17-8)13(14,15)16/h2-4,9,22H,5-6H2,1H3,(H,20,21)/t9-,12?/m0/s1. The van der Waals surface area contributed by atoms with Crippen LogP contribution in [0.1, 0.15) is 12.6 Å². The summed E-state index contributed by atoms with van der Waals surface area (Å²) in [4.78, 5) is 27.6. The number of hydrogen-bond acceptors (Lipinski definition) is 5. The number of carbonyl (C=O) groups excluding carboxylic acids is 1. The molecule has 0 aliphatic carbocycles. The summed E-state index contributed by atoms with van der Waals surface area (Å²) >= 11 is 0. The van der Waals surface area contributed by atoms with Gasteiger partial charge in [0.05, 0.1) is 13.2 Å². The highest BCUT2D eigenvalue weighted by atomic mass is 19.4. The Hall–Kier alpha value is -2.20. The van der Waals surface area contributed by atoms with Gasteiger partial charge < -0.3 is 14.9 Å². The van der Waals surface area contributed by atoms with Crippen molar-refractivity contribution in [1.29, 1.82) is 0 Å². The molecule has 2 heterocycles. The molecule has 0 radical (unpaired) electrons. The molecule has 1 aromatic rings. The number of aromatic nitrogens is 1. The van der Waals surface area contributed by atoms with E-state index in [0.717, 1.165) is 24.0 Å². The molecular weight excluding hydrogens is 321 g/mol. The van der Waals surface area contributed by atoms with Crippen LogP contribution in [0.3, 0.4) is 0 Å². The predicted molar refractivity (Wildman–Crippen MR) is 69.6 cm³/mol. The summed E-state index contributed by atoms with van der Waals surface area (Å²) in [6, 6.07) is 3.02. The summed E-state index contributed by atoms with van der Waals surface area (Å²) in [7, 11) is 0. The van der Waals surface area contributed by atoms with E-state index in [1.54, 1.807) is 0 Å². The quantitative estimate of drug-likeness (QED) is 0.843. The van der Waals surface area contributed by atoms with Gasteiger partial charge in [-0.2, -0.15) is 13.2 Å². The molecule has 1 unspecified atom stereocenters. The van der Waals surface area contributed by atoms with Crippen LogP contribution in [0.2, 0.25) is 0 Å². The van der Waals surface area contributed by atoms with Crippen molar-refractivity contribution in [3.63, 3.8) is 0 Å². The molecule has 0 bridgehead atoms. The average molecular weight is 334 g/mol. The third-order valence-electron chi connectivity index (χ3n) is 3.33. The smallest absolute Gasteiger partial charge is 0.433 e. The third kappa shape index (κ3) is 3.27. The number of carbonyl (C=O) groups is 2. The number of pyridine rings is 1. The Balaban J connectivity index is 2.34. The van der Waals surface area contributed by atoms with Gasteiger partial charge in [-0.25, -0.2) is 9.78 Å². The minimum Gasteiger partial charge on any atom is -0.479 e. The molecule has 2 atom stereocenters. The van der Waals surface area contributed by atoms with Gasteiger partial charge in [-0.15, -0.1) is 0 Å². The summed E-state index contributed by atoms with van der Waals surface area (Å²) < 4.78 is 43.1. The number of aliphatic hydroxyl groups is 1. The molecule has 2 N–H and O–H groups in total. The van der Waals surface area contributed by atoms with Crippen LogP contribution in [-0.4, -0.2) is 51.9 Å². The lowest BCUT2D eigenvalue weighted by atomic mass is 9.97. The second-order valence-corrected chi connectivity index (χ2v) is 5.07. The third-order valence-corrected chi connectivity index (χ3v) is 3.33. The highest BCUT2D eigenvalue weighted by Crippen LogP contribution is 2.30. The number of rotatable bonds is 3. The molecule has 1 saturated heterocycles. The van der Waals surface area contributed by atoms with Crippen molar-refractivity contribution in [3.8, 4) is 0 Å². The summed E-state index contributed by atoms with van der Waals surface area (Å²) in [6.45, 7) is 0.609. The molecule has 1 aliphatic rings. The normalized spacial score (nSPS) is 21.9. The van der Waals surface area contributed by atoms with Gasteiger partial charge in [0, 0.05) is 0 Å². The van der Waals surface area contributed by atoms with Gasteiger partial charge in [-0.3, -0.25) is 9.69 Å². The maximum Gasteiger partial charge on any atom is 0.433 e. The number of carboxylic acid groups (broad SMARTS) is 1. The summed E-state index contributed by atoms with van der Waals surface area (Å²) in [5.41, 5.74) is -3.70. The number of ether oxygens (including phenoxy) is 1. The van der Waals surface area contributed by atoms with Gasteiger partial charge in [0.1, 0.15) is 11.5 Å². The zero-order valence-corrected chi connectivity index (χ0v) is 11.9. The van der Waals surface area contributed by atoms with Crippen LogP contribution in [0.25, 0.3) is 0 Å². The SMILES string of the molecule is CC(O)(C(=O)O)[C@H]1OCCN(c2cccc(C(F)(F)F)n2)C1=O. The first-order chi connectivity index (χ1) is 10.5. The molecule has 126 valence electrons. The molecule has 1 amide bonds. The first-order valence-electron chi connectivity index (χ1n) is 6.48. The molecule has 2 rings (SSSR count). The Bertz CT molecular complexity index is 632. The minimum atomic E-state index is -4.68. The van der Waals surface area contributed by atoms with Crippen LogP contribution < -0.4 is 4.90 Å². The number of morpholine rings is 1. The molecule has 7 nitrogen and oxygen atoms in total. The van der Waals surface area contributed by atoms with E-state index in [-0.39, 0.29) is 19.0 Å². The fourth-order valence-corrected chi connectivity index (χ4v) is 2.06. The maximum absolute atomic E-state index is 12.7. The highest BCUT2D eigenvalue weighted by Gasteiger charge is 2.49. The Morgan fingerprint density at radius 3 is 2.65 bits per heavy atom. The largest absolute Gasteiger partial charge is 0.479 e. The van der Waals surface area contributed by atoms with Crippen LogP contribution in [0.4, 0.5) is 19.0 Å². The van der Waals surface area contributed by atoms with Gasteiger partial charge in [0.15, 0.2) is 11.7 Å². The van der Waals surface area contributed by atoms with Crippen LogP contribution in [0, 0.1) is 0 Å². The van der Waals surface area contributed by atoms with Crippen molar-refractivity contribution < 1.29 is 37.7 Å². The number of aliphatic carboxylic acids is 1. The van der Waals surface area contributed by atoms with E-state index in [1.165, 1.54) is 6.07 Å². The molecule has 0 saturated carbocycles.